The predicted octanol–water partition coefficient (Wildman–Crippen LogP) is 3.12. The Morgan fingerprint density at radius 2 is 2.11 bits per heavy atom. The van der Waals surface area contributed by atoms with Crippen molar-refractivity contribution in [3.8, 4) is 5.75 Å². The maximum absolute atomic E-state index is 5.77. The zero-order chi connectivity index (χ0) is 18.9. The minimum absolute atomic E-state index is 0. The van der Waals surface area contributed by atoms with Crippen molar-refractivity contribution in [1.82, 2.24) is 10.2 Å². The molecule has 0 saturated carbocycles. The van der Waals surface area contributed by atoms with E-state index in [1.54, 1.807) is 7.11 Å². The van der Waals surface area contributed by atoms with Crippen LogP contribution in [0.25, 0.3) is 0 Å². The van der Waals surface area contributed by atoms with Crippen molar-refractivity contribution >= 4 is 29.9 Å². The van der Waals surface area contributed by atoms with Gasteiger partial charge in [0, 0.05) is 51.7 Å². The Labute approximate surface area is 186 Å². The van der Waals surface area contributed by atoms with Gasteiger partial charge < -0.3 is 24.4 Å². The zero-order valence-corrected chi connectivity index (χ0v) is 19.4. The number of rotatable bonds is 8. The SMILES string of the molecule is CN=C(NCCCOCC1CCOC1)N1CCC(c2ccc(OC)cc2)C1.I. The zero-order valence-electron chi connectivity index (χ0n) is 17.1. The second-order valence-electron chi connectivity index (χ2n) is 7.34. The van der Waals surface area contributed by atoms with Crippen molar-refractivity contribution in [3.63, 3.8) is 0 Å². The average Bonchev–Trinajstić information content (AvgIpc) is 3.40. The summed E-state index contributed by atoms with van der Waals surface area (Å²) in [5.74, 6) is 3.04. The molecule has 1 aromatic rings. The van der Waals surface area contributed by atoms with Crippen molar-refractivity contribution in [3.05, 3.63) is 29.8 Å². The van der Waals surface area contributed by atoms with Crippen LogP contribution in [0.1, 0.15) is 30.7 Å². The highest BCUT2D eigenvalue weighted by Crippen LogP contribution is 2.28. The van der Waals surface area contributed by atoms with Crippen LogP contribution < -0.4 is 10.1 Å². The Morgan fingerprint density at radius 1 is 1.29 bits per heavy atom. The van der Waals surface area contributed by atoms with Crippen molar-refractivity contribution < 1.29 is 14.2 Å². The van der Waals surface area contributed by atoms with Crippen molar-refractivity contribution in [1.29, 1.82) is 0 Å². The summed E-state index contributed by atoms with van der Waals surface area (Å²) in [6, 6.07) is 8.44. The molecule has 2 unspecified atom stereocenters. The Morgan fingerprint density at radius 3 is 2.79 bits per heavy atom. The van der Waals surface area contributed by atoms with E-state index in [0.29, 0.717) is 11.8 Å². The van der Waals surface area contributed by atoms with Gasteiger partial charge in [0.25, 0.3) is 0 Å². The number of nitrogens with one attached hydrogen (secondary N) is 1. The molecular weight excluding hydrogens is 469 g/mol. The van der Waals surface area contributed by atoms with Crippen LogP contribution in [-0.2, 0) is 9.47 Å². The van der Waals surface area contributed by atoms with Gasteiger partial charge in [-0.3, -0.25) is 4.99 Å². The third-order valence-electron chi connectivity index (χ3n) is 5.41. The fourth-order valence-electron chi connectivity index (χ4n) is 3.77. The van der Waals surface area contributed by atoms with Gasteiger partial charge in [0.1, 0.15) is 5.75 Å². The van der Waals surface area contributed by atoms with Crippen molar-refractivity contribution in [2.75, 3.05) is 60.2 Å². The van der Waals surface area contributed by atoms with Crippen LogP contribution in [0.4, 0.5) is 0 Å². The monoisotopic (exact) mass is 503 g/mol. The van der Waals surface area contributed by atoms with E-state index in [1.807, 2.05) is 19.2 Å². The smallest absolute Gasteiger partial charge is 0.193 e. The van der Waals surface area contributed by atoms with Gasteiger partial charge in [0.05, 0.1) is 20.3 Å². The number of benzene rings is 1. The van der Waals surface area contributed by atoms with Gasteiger partial charge in [-0.15, -0.1) is 24.0 Å². The molecule has 2 heterocycles. The molecule has 158 valence electrons. The second-order valence-corrected chi connectivity index (χ2v) is 7.34. The number of hydrogen-bond donors (Lipinski definition) is 1. The van der Waals surface area contributed by atoms with E-state index < -0.39 is 0 Å². The van der Waals surface area contributed by atoms with Gasteiger partial charge in [-0.2, -0.15) is 0 Å². The molecule has 0 spiro atoms. The highest BCUT2D eigenvalue weighted by Gasteiger charge is 2.26. The molecule has 0 amide bonds. The minimum Gasteiger partial charge on any atom is -0.497 e. The van der Waals surface area contributed by atoms with E-state index in [9.17, 15) is 0 Å². The summed E-state index contributed by atoms with van der Waals surface area (Å²) >= 11 is 0. The van der Waals surface area contributed by atoms with Gasteiger partial charge in [-0.05, 0) is 37.0 Å². The first-order valence-corrected chi connectivity index (χ1v) is 10.0. The minimum atomic E-state index is 0. The third-order valence-corrected chi connectivity index (χ3v) is 5.41. The maximum Gasteiger partial charge on any atom is 0.193 e. The predicted molar refractivity (Wildman–Crippen MR) is 123 cm³/mol. The van der Waals surface area contributed by atoms with Crippen LogP contribution in [0.3, 0.4) is 0 Å². The fraction of sp³-hybridized carbons (Fsp3) is 0.667. The molecule has 2 atom stereocenters. The van der Waals surface area contributed by atoms with E-state index in [0.717, 1.165) is 77.0 Å². The highest BCUT2D eigenvalue weighted by atomic mass is 127. The lowest BCUT2D eigenvalue weighted by molar-refractivity contribution is 0.0887. The van der Waals surface area contributed by atoms with Gasteiger partial charge in [0.15, 0.2) is 5.96 Å². The Bertz CT molecular complexity index is 591. The van der Waals surface area contributed by atoms with Gasteiger partial charge in [-0.25, -0.2) is 0 Å². The Hall–Kier alpha value is -1.06. The van der Waals surface area contributed by atoms with Crippen molar-refractivity contribution in [2.45, 2.75) is 25.2 Å². The van der Waals surface area contributed by atoms with E-state index in [1.165, 1.54) is 5.56 Å². The molecule has 1 N–H and O–H groups in total. The number of likely N-dealkylation sites (tertiary alicyclic amines) is 1. The van der Waals surface area contributed by atoms with E-state index in [-0.39, 0.29) is 24.0 Å². The molecule has 2 saturated heterocycles. The summed E-state index contributed by atoms with van der Waals surface area (Å²) in [5.41, 5.74) is 1.37. The fourth-order valence-corrected chi connectivity index (χ4v) is 3.77. The summed E-state index contributed by atoms with van der Waals surface area (Å²) in [5, 5.41) is 3.48. The summed E-state index contributed by atoms with van der Waals surface area (Å²) in [7, 11) is 3.57. The second kappa shape index (κ2) is 12.5. The molecule has 0 bridgehead atoms. The molecule has 6 nitrogen and oxygen atoms in total. The average molecular weight is 503 g/mol. The molecule has 2 aliphatic rings. The molecule has 3 rings (SSSR count). The molecule has 1 aromatic carbocycles. The molecule has 0 aromatic heterocycles. The van der Waals surface area contributed by atoms with Crippen LogP contribution in [0, 0.1) is 5.92 Å². The van der Waals surface area contributed by atoms with Gasteiger partial charge >= 0.3 is 0 Å². The molecule has 0 aliphatic carbocycles. The summed E-state index contributed by atoms with van der Waals surface area (Å²) < 4.78 is 16.4. The summed E-state index contributed by atoms with van der Waals surface area (Å²) in [6.07, 6.45) is 3.27. The number of halogens is 1. The molecule has 7 heteroatoms. The number of ether oxygens (including phenoxy) is 3. The first kappa shape index (κ1) is 23.2. The first-order chi connectivity index (χ1) is 13.3. The number of nitrogens with zero attached hydrogens (tertiary/aromatic N) is 2. The maximum atomic E-state index is 5.77. The molecule has 2 aliphatic heterocycles. The van der Waals surface area contributed by atoms with E-state index in [2.05, 4.69) is 27.3 Å². The summed E-state index contributed by atoms with van der Waals surface area (Å²) in [4.78, 5) is 6.81. The highest BCUT2D eigenvalue weighted by molar-refractivity contribution is 14.0. The molecule has 0 radical (unpaired) electrons. The standard InChI is InChI=1S/C21H33N3O3.HI/c1-22-21(23-10-3-12-26-15-17-9-13-27-16-17)24-11-8-19(14-24)18-4-6-20(25-2)7-5-18;/h4-7,17,19H,3,8-16H2,1-2H3,(H,22,23);1H. The lowest BCUT2D eigenvalue weighted by atomic mass is 9.98. The summed E-state index contributed by atoms with van der Waals surface area (Å²) in [6.45, 7) is 6.28. The van der Waals surface area contributed by atoms with Crippen molar-refractivity contribution in [2.24, 2.45) is 10.9 Å². The van der Waals surface area contributed by atoms with E-state index >= 15 is 0 Å². The van der Waals surface area contributed by atoms with Gasteiger partial charge in [-0.1, -0.05) is 12.1 Å². The molecule has 28 heavy (non-hydrogen) atoms. The van der Waals surface area contributed by atoms with Crippen LogP contribution >= 0.6 is 24.0 Å². The lowest BCUT2D eigenvalue weighted by Gasteiger charge is -2.22. The number of hydrogen-bond acceptors (Lipinski definition) is 4. The first-order valence-electron chi connectivity index (χ1n) is 10.0. The lowest BCUT2D eigenvalue weighted by Crippen LogP contribution is -2.40. The van der Waals surface area contributed by atoms with E-state index in [4.69, 9.17) is 14.2 Å². The third kappa shape index (κ3) is 6.77. The van der Waals surface area contributed by atoms with Crippen LogP contribution in [-0.4, -0.2) is 71.1 Å². The Balaban J connectivity index is 0.00000280. The van der Waals surface area contributed by atoms with Crippen LogP contribution in [0.2, 0.25) is 0 Å². The van der Waals surface area contributed by atoms with Crippen LogP contribution in [0.5, 0.6) is 5.75 Å². The molecular formula is C21H34IN3O3. The largest absolute Gasteiger partial charge is 0.497 e. The number of methoxy groups -OCH3 is 1. The molecule has 2 fully saturated rings. The topological polar surface area (TPSA) is 55.3 Å². The Kier molecular flexibility index (Phi) is 10.4. The quantitative estimate of drug-likeness (QED) is 0.256. The normalized spacial score (nSPS) is 22.2. The number of guanidine groups is 1. The van der Waals surface area contributed by atoms with Gasteiger partial charge in [0.2, 0.25) is 0 Å². The van der Waals surface area contributed by atoms with Crippen LogP contribution in [0.15, 0.2) is 29.3 Å². The number of aliphatic imine (C=N–C) groups is 1.